The Bertz CT molecular complexity index is 560. The number of benzene rings is 1. The third-order valence-electron chi connectivity index (χ3n) is 3.57. The Balaban J connectivity index is 2.29. The fourth-order valence-electron chi connectivity index (χ4n) is 2.27. The van der Waals surface area contributed by atoms with Gasteiger partial charge >= 0.3 is 0 Å². The molecular weight excluding hydrogens is 260 g/mol. The highest BCUT2D eigenvalue weighted by Gasteiger charge is 2.63. The highest BCUT2D eigenvalue weighted by atomic mass is 32.2. The second-order valence-electron chi connectivity index (χ2n) is 4.99. The maximum atomic E-state index is 12.6. The lowest BCUT2D eigenvalue weighted by molar-refractivity contribution is 0.358. The van der Waals surface area contributed by atoms with Crippen LogP contribution in [0, 0.1) is 6.92 Å². The molecule has 0 aromatic heterocycles. The quantitative estimate of drug-likeness (QED) is 0.593. The van der Waals surface area contributed by atoms with Gasteiger partial charge in [-0.15, -0.1) is 0 Å². The van der Waals surface area contributed by atoms with Crippen molar-refractivity contribution in [2.75, 3.05) is 0 Å². The van der Waals surface area contributed by atoms with Crippen molar-refractivity contribution in [2.45, 2.75) is 49.0 Å². The summed E-state index contributed by atoms with van der Waals surface area (Å²) in [5, 5.41) is 0. The Morgan fingerprint density at radius 1 is 1.37 bits per heavy atom. The Hall–Kier alpha value is -1.13. The first-order valence-corrected chi connectivity index (χ1v) is 8.09. The second kappa shape index (κ2) is 5.10. The van der Waals surface area contributed by atoms with Gasteiger partial charge in [0, 0.05) is 0 Å². The molecule has 4 heteroatoms. The number of unbranched alkanes of at least 4 members (excludes halogenated alkanes) is 1. The molecule has 19 heavy (non-hydrogen) atoms. The van der Waals surface area contributed by atoms with Gasteiger partial charge in [-0.3, -0.25) is 0 Å². The normalized spacial score (nSPS) is 26.1. The highest BCUT2D eigenvalue weighted by Crippen LogP contribution is 2.48. The minimum absolute atomic E-state index is 0.253. The molecule has 1 aromatic carbocycles. The van der Waals surface area contributed by atoms with Crippen LogP contribution in [0.4, 0.5) is 0 Å². The van der Waals surface area contributed by atoms with Gasteiger partial charge in [0.2, 0.25) is 14.8 Å². The van der Waals surface area contributed by atoms with E-state index >= 15 is 0 Å². The molecular formula is C15H20O3S. The van der Waals surface area contributed by atoms with Gasteiger partial charge < -0.3 is 4.74 Å². The molecule has 3 nitrogen and oxygen atoms in total. The molecule has 0 saturated carbocycles. The van der Waals surface area contributed by atoms with Gasteiger partial charge in [-0.2, -0.15) is 0 Å². The van der Waals surface area contributed by atoms with Gasteiger partial charge in [-0.05, 0) is 31.6 Å². The highest BCUT2D eigenvalue weighted by molar-refractivity contribution is 7.93. The van der Waals surface area contributed by atoms with Crippen molar-refractivity contribution in [2.24, 2.45) is 0 Å². The Labute approximate surface area is 115 Å². The first-order chi connectivity index (χ1) is 8.98. The van der Waals surface area contributed by atoms with Crippen LogP contribution in [0.1, 0.15) is 31.7 Å². The summed E-state index contributed by atoms with van der Waals surface area (Å²) in [6.45, 7) is 7.66. The van der Waals surface area contributed by atoms with Crippen LogP contribution < -0.4 is 0 Å². The zero-order chi connectivity index (χ0) is 14.1. The van der Waals surface area contributed by atoms with Crippen molar-refractivity contribution >= 4 is 9.84 Å². The van der Waals surface area contributed by atoms with E-state index in [0.717, 1.165) is 24.8 Å². The van der Waals surface area contributed by atoms with Crippen LogP contribution in [0.25, 0.3) is 0 Å². The molecule has 1 aliphatic heterocycles. The van der Waals surface area contributed by atoms with Crippen molar-refractivity contribution in [1.82, 2.24) is 0 Å². The number of ether oxygens (including phenoxy) is 1. The Morgan fingerprint density at radius 2 is 2.00 bits per heavy atom. The summed E-state index contributed by atoms with van der Waals surface area (Å²) >= 11 is 0. The monoisotopic (exact) mass is 280 g/mol. The van der Waals surface area contributed by atoms with Gasteiger partial charge in [0.25, 0.3) is 0 Å². The third kappa shape index (κ3) is 2.35. The molecule has 104 valence electrons. The van der Waals surface area contributed by atoms with Crippen molar-refractivity contribution in [3.05, 3.63) is 42.5 Å². The summed E-state index contributed by atoms with van der Waals surface area (Å²) in [6, 6.07) is 6.86. The molecule has 0 aliphatic carbocycles. The largest absolute Gasteiger partial charge is 0.345 e. The van der Waals surface area contributed by atoms with E-state index in [2.05, 4.69) is 13.5 Å². The van der Waals surface area contributed by atoms with Gasteiger partial charge in [0.15, 0.2) is 0 Å². The predicted molar refractivity (Wildman–Crippen MR) is 75.7 cm³/mol. The predicted octanol–water partition coefficient (Wildman–Crippen LogP) is 3.24. The Kier molecular flexibility index (Phi) is 3.83. The SMILES string of the molecule is C=C[C@]1(S(=O)(=O)c2ccc(C)cc2)O[C@H]1CCCC. The minimum Gasteiger partial charge on any atom is -0.345 e. The van der Waals surface area contributed by atoms with Crippen LogP contribution in [-0.4, -0.2) is 19.5 Å². The molecule has 0 amide bonds. The van der Waals surface area contributed by atoms with Crippen LogP contribution in [-0.2, 0) is 14.6 Å². The molecule has 0 N–H and O–H groups in total. The van der Waals surface area contributed by atoms with E-state index in [1.54, 1.807) is 24.3 Å². The van der Waals surface area contributed by atoms with Gasteiger partial charge in [-0.25, -0.2) is 8.42 Å². The molecule has 1 aliphatic rings. The lowest BCUT2D eigenvalue weighted by Gasteiger charge is -2.10. The molecule has 0 bridgehead atoms. The Morgan fingerprint density at radius 3 is 2.53 bits per heavy atom. The first kappa shape index (κ1) is 14.3. The first-order valence-electron chi connectivity index (χ1n) is 6.60. The molecule has 0 radical (unpaired) electrons. The van der Waals surface area contributed by atoms with Gasteiger partial charge in [0.05, 0.1) is 4.90 Å². The van der Waals surface area contributed by atoms with E-state index in [9.17, 15) is 8.42 Å². The van der Waals surface area contributed by atoms with Crippen molar-refractivity contribution < 1.29 is 13.2 Å². The molecule has 1 heterocycles. The molecule has 0 spiro atoms. The van der Waals surface area contributed by atoms with E-state index in [1.807, 2.05) is 6.92 Å². The number of hydrogen-bond acceptors (Lipinski definition) is 3. The van der Waals surface area contributed by atoms with E-state index in [-0.39, 0.29) is 6.10 Å². The number of aryl methyl sites for hydroxylation is 1. The molecule has 1 saturated heterocycles. The fourth-order valence-corrected chi connectivity index (χ4v) is 4.05. The van der Waals surface area contributed by atoms with Crippen molar-refractivity contribution in [1.29, 1.82) is 0 Å². The van der Waals surface area contributed by atoms with Gasteiger partial charge in [-0.1, -0.05) is 44.0 Å². The second-order valence-corrected chi connectivity index (χ2v) is 7.11. The zero-order valence-electron chi connectivity index (χ0n) is 11.4. The molecule has 1 fully saturated rings. The fraction of sp³-hybridized carbons (Fsp3) is 0.467. The van der Waals surface area contributed by atoms with Crippen LogP contribution >= 0.6 is 0 Å². The smallest absolute Gasteiger partial charge is 0.218 e. The zero-order valence-corrected chi connectivity index (χ0v) is 12.2. The average Bonchev–Trinajstić information content (AvgIpc) is 3.12. The molecule has 2 rings (SSSR count). The van der Waals surface area contributed by atoms with Crippen LogP contribution in [0.15, 0.2) is 41.8 Å². The van der Waals surface area contributed by atoms with Crippen LogP contribution in [0.5, 0.6) is 0 Å². The van der Waals surface area contributed by atoms with Gasteiger partial charge in [0.1, 0.15) is 6.10 Å². The van der Waals surface area contributed by atoms with E-state index in [0.29, 0.717) is 4.90 Å². The summed E-state index contributed by atoms with van der Waals surface area (Å²) in [5.41, 5.74) is 1.03. The summed E-state index contributed by atoms with van der Waals surface area (Å²) < 4.78 is 30.8. The minimum atomic E-state index is -3.51. The maximum absolute atomic E-state index is 12.6. The van der Waals surface area contributed by atoms with E-state index < -0.39 is 14.8 Å². The van der Waals surface area contributed by atoms with Crippen LogP contribution in [0.2, 0.25) is 0 Å². The molecule has 2 atom stereocenters. The molecule has 0 unspecified atom stereocenters. The number of hydrogen-bond donors (Lipinski definition) is 0. The van der Waals surface area contributed by atoms with Crippen LogP contribution in [0.3, 0.4) is 0 Å². The maximum Gasteiger partial charge on any atom is 0.218 e. The topological polar surface area (TPSA) is 46.7 Å². The lowest BCUT2D eigenvalue weighted by atomic mass is 10.1. The summed E-state index contributed by atoms with van der Waals surface area (Å²) in [7, 11) is -3.51. The number of epoxide rings is 1. The van der Waals surface area contributed by atoms with Crippen molar-refractivity contribution in [3.8, 4) is 0 Å². The number of sulfone groups is 1. The third-order valence-corrected chi connectivity index (χ3v) is 5.83. The van der Waals surface area contributed by atoms with E-state index in [4.69, 9.17) is 4.74 Å². The summed E-state index contributed by atoms with van der Waals surface area (Å²) in [5.74, 6) is 0. The van der Waals surface area contributed by atoms with Crippen molar-refractivity contribution in [3.63, 3.8) is 0 Å². The molecule has 1 aromatic rings. The summed E-state index contributed by atoms with van der Waals surface area (Å²) in [6.07, 6.45) is 3.92. The lowest BCUT2D eigenvalue weighted by Crippen LogP contribution is -2.25. The van der Waals surface area contributed by atoms with E-state index in [1.165, 1.54) is 6.08 Å². The summed E-state index contributed by atoms with van der Waals surface area (Å²) in [4.78, 5) is -0.908. The standard InChI is InChI=1S/C15H20O3S/c1-4-6-7-14-15(5-2,18-14)19(16,17)13-10-8-12(3)9-11-13/h5,8-11,14H,2,4,6-7H2,1,3H3/t14-,15+/m0/s1. The number of rotatable bonds is 6. The average molecular weight is 280 g/mol.